The average Bonchev–Trinajstić information content (AvgIpc) is 3.37. The van der Waals surface area contributed by atoms with Gasteiger partial charge in [0.2, 0.25) is 15.9 Å². The van der Waals surface area contributed by atoms with E-state index >= 15 is 0 Å². The standard InChI is InChI=1S/C31H32ClN5O7S/c1-21-28(31(39)40)35-37(23-8-3-2-4-9-23)30(21)44-26-13-12-22(34-29(38)24-10-5-6-11-25(24)32)20-27(26)45(41,42)33-14-7-15-36-16-18-43-19-17-36/h2-6,8-13,20,33H,7,14-19H2,1H3,(H,34,38)(H,39,40). The van der Waals surface area contributed by atoms with Crippen molar-refractivity contribution in [1.29, 1.82) is 0 Å². The van der Waals surface area contributed by atoms with Crippen molar-refractivity contribution >= 4 is 39.2 Å². The number of hydrogen-bond acceptors (Lipinski definition) is 8. The number of carbonyl (C=O) groups excluding carboxylic acids is 1. The minimum absolute atomic E-state index is 0.0234. The number of ether oxygens (including phenoxy) is 2. The lowest BCUT2D eigenvalue weighted by Crippen LogP contribution is -2.38. The summed E-state index contributed by atoms with van der Waals surface area (Å²) in [4.78, 5) is 26.9. The Labute approximate surface area is 265 Å². The predicted octanol–water partition coefficient (Wildman–Crippen LogP) is 4.58. The van der Waals surface area contributed by atoms with E-state index in [1.54, 1.807) is 54.6 Å². The van der Waals surface area contributed by atoms with Crippen molar-refractivity contribution in [3.05, 3.63) is 94.6 Å². The molecule has 4 aromatic rings. The summed E-state index contributed by atoms with van der Waals surface area (Å²) in [6.07, 6.45) is 0.556. The van der Waals surface area contributed by atoms with E-state index < -0.39 is 21.9 Å². The number of halogens is 1. The van der Waals surface area contributed by atoms with Gasteiger partial charge in [-0.1, -0.05) is 41.9 Å². The Morgan fingerprint density at radius 3 is 2.47 bits per heavy atom. The molecule has 3 N–H and O–H groups in total. The molecule has 1 saturated heterocycles. The lowest BCUT2D eigenvalue weighted by Gasteiger charge is -2.26. The van der Waals surface area contributed by atoms with Gasteiger partial charge in [0.25, 0.3) is 5.91 Å². The van der Waals surface area contributed by atoms with Crippen molar-refractivity contribution in [2.24, 2.45) is 0 Å². The van der Waals surface area contributed by atoms with Crippen LogP contribution >= 0.6 is 11.6 Å². The third kappa shape index (κ3) is 7.70. The van der Waals surface area contributed by atoms with Crippen LogP contribution < -0.4 is 14.8 Å². The third-order valence-electron chi connectivity index (χ3n) is 7.13. The van der Waals surface area contributed by atoms with Crippen LogP contribution in [-0.2, 0) is 14.8 Å². The zero-order chi connectivity index (χ0) is 32.0. The lowest BCUT2D eigenvalue weighted by molar-refractivity contribution is 0.0376. The molecule has 0 saturated carbocycles. The zero-order valence-corrected chi connectivity index (χ0v) is 26.0. The number of hydrogen-bond donors (Lipinski definition) is 3. The number of nitrogens with one attached hydrogen (secondary N) is 2. The Morgan fingerprint density at radius 1 is 1.04 bits per heavy atom. The summed E-state index contributed by atoms with van der Waals surface area (Å²) >= 11 is 6.19. The number of morpholine rings is 1. The fourth-order valence-corrected chi connectivity index (χ4v) is 6.23. The lowest BCUT2D eigenvalue weighted by atomic mass is 10.2. The van der Waals surface area contributed by atoms with E-state index in [-0.39, 0.29) is 50.6 Å². The predicted molar refractivity (Wildman–Crippen MR) is 168 cm³/mol. The minimum atomic E-state index is -4.19. The van der Waals surface area contributed by atoms with Gasteiger partial charge in [0.05, 0.1) is 29.5 Å². The molecular weight excluding hydrogens is 622 g/mol. The van der Waals surface area contributed by atoms with Crippen molar-refractivity contribution in [2.75, 3.05) is 44.7 Å². The molecule has 3 aromatic carbocycles. The summed E-state index contributed by atoms with van der Waals surface area (Å²) in [6, 6.07) is 19.4. The molecule has 45 heavy (non-hydrogen) atoms. The molecule has 2 heterocycles. The topological polar surface area (TPSA) is 152 Å². The van der Waals surface area contributed by atoms with Crippen molar-refractivity contribution in [3.63, 3.8) is 0 Å². The molecule has 0 spiro atoms. The molecule has 1 aliphatic heterocycles. The number of anilines is 1. The van der Waals surface area contributed by atoms with Gasteiger partial charge in [-0.25, -0.2) is 17.9 Å². The van der Waals surface area contributed by atoms with Crippen molar-refractivity contribution < 1.29 is 32.6 Å². The summed E-state index contributed by atoms with van der Waals surface area (Å²) in [6.45, 7) is 5.22. The van der Waals surface area contributed by atoms with E-state index in [9.17, 15) is 23.1 Å². The Morgan fingerprint density at radius 2 is 1.76 bits per heavy atom. The van der Waals surface area contributed by atoms with Gasteiger partial charge in [-0.3, -0.25) is 9.69 Å². The van der Waals surface area contributed by atoms with Crippen LogP contribution in [0.2, 0.25) is 5.02 Å². The van der Waals surface area contributed by atoms with E-state index in [1.807, 2.05) is 0 Å². The fraction of sp³-hybridized carbons (Fsp3) is 0.258. The van der Waals surface area contributed by atoms with Gasteiger partial charge in [0.1, 0.15) is 10.6 Å². The van der Waals surface area contributed by atoms with Crippen molar-refractivity contribution in [1.82, 2.24) is 19.4 Å². The number of carboxylic acid groups (broad SMARTS) is 1. The summed E-state index contributed by atoms with van der Waals surface area (Å²) in [5.41, 5.74) is 0.860. The molecule has 14 heteroatoms. The number of sulfonamides is 1. The van der Waals surface area contributed by atoms with E-state index in [2.05, 4.69) is 20.0 Å². The van der Waals surface area contributed by atoms with Gasteiger partial charge in [0.15, 0.2) is 5.69 Å². The normalized spacial score (nSPS) is 13.8. The van der Waals surface area contributed by atoms with Crippen molar-refractivity contribution in [3.8, 4) is 17.3 Å². The molecule has 0 bridgehead atoms. The van der Waals surface area contributed by atoms with E-state index in [0.717, 1.165) is 13.1 Å². The average molecular weight is 654 g/mol. The number of carbonyl (C=O) groups is 2. The molecule has 0 aliphatic carbocycles. The van der Waals surface area contributed by atoms with Crippen LogP contribution in [-0.4, -0.2) is 79.5 Å². The van der Waals surface area contributed by atoms with Crippen LogP contribution in [0.25, 0.3) is 5.69 Å². The highest BCUT2D eigenvalue weighted by molar-refractivity contribution is 7.89. The second kappa shape index (κ2) is 14.2. The van der Waals surface area contributed by atoms with Crippen LogP contribution in [0, 0.1) is 6.92 Å². The molecule has 1 aliphatic rings. The second-order valence-corrected chi connectivity index (χ2v) is 12.4. The summed E-state index contributed by atoms with van der Waals surface area (Å²) in [5.74, 6) is -1.86. The Kier molecular flexibility index (Phi) is 10.2. The van der Waals surface area contributed by atoms with E-state index in [1.165, 1.54) is 29.8 Å². The number of rotatable bonds is 12. The van der Waals surface area contributed by atoms with Gasteiger partial charge in [-0.05, 0) is 62.4 Å². The molecule has 0 atom stereocenters. The molecule has 0 unspecified atom stereocenters. The molecule has 12 nitrogen and oxygen atoms in total. The first-order valence-corrected chi connectivity index (χ1v) is 16.1. The third-order valence-corrected chi connectivity index (χ3v) is 8.95. The summed E-state index contributed by atoms with van der Waals surface area (Å²) in [7, 11) is -4.19. The highest BCUT2D eigenvalue weighted by Gasteiger charge is 2.27. The molecular formula is C31H32ClN5O7S. The van der Waals surface area contributed by atoms with Gasteiger partial charge < -0.3 is 19.9 Å². The SMILES string of the molecule is Cc1c(C(=O)O)nn(-c2ccccc2)c1Oc1ccc(NC(=O)c2ccccc2Cl)cc1S(=O)(=O)NCCCN1CCOCC1. The summed E-state index contributed by atoms with van der Waals surface area (Å²) in [5, 5.41) is 16.9. The maximum absolute atomic E-state index is 13.7. The van der Waals surface area contributed by atoms with Gasteiger partial charge in [-0.15, -0.1) is 0 Å². The molecule has 1 fully saturated rings. The van der Waals surface area contributed by atoms with E-state index in [0.29, 0.717) is 31.9 Å². The number of carboxylic acids is 1. The maximum atomic E-state index is 13.7. The minimum Gasteiger partial charge on any atom is -0.476 e. The zero-order valence-electron chi connectivity index (χ0n) is 24.4. The summed E-state index contributed by atoms with van der Waals surface area (Å²) < 4.78 is 42.9. The number of nitrogens with zero attached hydrogens (tertiary/aromatic N) is 3. The molecule has 0 radical (unpaired) electrons. The number of aromatic carboxylic acids is 1. The van der Waals surface area contributed by atoms with Crippen LogP contribution in [0.4, 0.5) is 5.69 Å². The van der Waals surface area contributed by atoms with Gasteiger partial charge in [0, 0.05) is 30.9 Å². The van der Waals surface area contributed by atoms with Crippen molar-refractivity contribution in [2.45, 2.75) is 18.2 Å². The molecule has 236 valence electrons. The number of benzene rings is 3. The molecule has 5 rings (SSSR count). The molecule has 1 aromatic heterocycles. The first-order chi connectivity index (χ1) is 21.6. The monoisotopic (exact) mass is 653 g/mol. The molecule has 1 amide bonds. The Bertz CT molecular complexity index is 1790. The van der Waals surface area contributed by atoms with Crippen LogP contribution in [0.15, 0.2) is 77.7 Å². The largest absolute Gasteiger partial charge is 0.476 e. The highest BCUT2D eigenvalue weighted by atomic mass is 35.5. The Balaban J connectivity index is 1.48. The van der Waals surface area contributed by atoms with Gasteiger partial charge in [-0.2, -0.15) is 9.78 Å². The first kappa shape index (κ1) is 32.1. The second-order valence-electron chi connectivity index (χ2n) is 10.2. The van der Waals surface area contributed by atoms with Crippen LogP contribution in [0.3, 0.4) is 0 Å². The van der Waals surface area contributed by atoms with Crippen LogP contribution in [0.5, 0.6) is 11.6 Å². The highest BCUT2D eigenvalue weighted by Crippen LogP contribution is 2.35. The number of aromatic nitrogens is 2. The smallest absolute Gasteiger partial charge is 0.356 e. The maximum Gasteiger partial charge on any atom is 0.356 e. The van der Waals surface area contributed by atoms with Crippen LogP contribution in [0.1, 0.15) is 32.8 Å². The number of para-hydroxylation sites is 1. The number of amides is 1. The fourth-order valence-electron chi connectivity index (χ4n) is 4.79. The Hall–Kier alpha value is -4.27. The first-order valence-electron chi connectivity index (χ1n) is 14.2. The van der Waals surface area contributed by atoms with Gasteiger partial charge >= 0.3 is 5.97 Å². The quantitative estimate of drug-likeness (QED) is 0.187. The van der Waals surface area contributed by atoms with E-state index in [4.69, 9.17) is 21.1 Å².